The third-order valence-electron chi connectivity index (χ3n) is 5.33. The minimum atomic E-state index is -4.92. The van der Waals surface area contributed by atoms with E-state index in [4.69, 9.17) is 4.74 Å². The number of ether oxygens (including phenoxy) is 1. The van der Waals surface area contributed by atoms with Crippen molar-refractivity contribution in [2.45, 2.75) is 38.4 Å². The predicted molar refractivity (Wildman–Crippen MR) is 92.4 cm³/mol. The molecular weight excluding hydrogens is 380 g/mol. The maximum absolute atomic E-state index is 13.6. The van der Waals surface area contributed by atoms with Crippen LogP contribution < -0.4 is 0 Å². The first-order chi connectivity index (χ1) is 13.0. The number of carboxylic acids is 1. The van der Waals surface area contributed by atoms with Crippen molar-refractivity contribution < 1.29 is 32.2 Å². The van der Waals surface area contributed by atoms with Crippen LogP contribution in [0.2, 0.25) is 0 Å². The number of rotatable bonds is 5. The van der Waals surface area contributed by atoms with Crippen LogP contribution in [-0.4, -0.2) is 36.5 Å². The van der Waals surface area contributed by atoms with Crippen molar-refractivity contribution in [3.8, 4) is 6.07 Å². The van der Waals surface area contributed by atoms with E-state index in [2.05, 4.69) is 4.99 Å². The Morgan fingerprint density at radius 2 is 2.07 bits per heavy atom. The monoisotopic (exact) mass is 400 g/mol. The fourth-order valence-corrected chi connectivity index (χ4v) is 3.84. The molecule has 2 rings (SSSR count). The zero-order valence-electron chi connectivity index (χ0n) is 15.5. The van der Waals surface area contributed by atoms with Crippen molar-refractivity contribution in [3.05, 3.63) is 35.1 Å². The zero-order valence-corrected chi connectivity index (χ0v) is 15.5. The van der Waals surface area contributed by atoms with Gasteiger partial charge in [0.25, 0.3) is 0 Å². The van der Waals surface area contributed by atoms with Crippen LogP contribution in [0.3, 0.4) is 0 Å². The van der Waals surface area contributed by atoms with Crippen LogP contribution in [0.5, 0.6) is 0 Å². The molecule has 0 amide bonds. The molecule has 1 aliphatic heterocycles. The third kappa shape index (κ3) is 3.74. The van der Waals surface area contributed by atoms with Crippen LogP contribution >= 0.6 is 0 Å². The summed E-state index contributed by atoms with van der Waals surface area (Å²) in [6, 6.07) is 3.07. The zero-order chi connectivity index (χ0) is 21.3. The molecule has 0 spiro atoms. The lowest BCUT2D eigenvalue weighted by Crippen LogP contribution is -2.51. The molecule has 5 nitrogen and oxygen atoms in total. The number of alkyl halides is 3. The molecule has 0 fully saturated rings. The topological polar surface area (TPSA) is 82.7 Å². The van der Waals surface area contributed by atoms with Gasteiger partial charge >= 0.3 is 12.1 Å². The highest BCUT2D eigenvalue weighted by atomic mass is 19.4. The lowest BCUT2D eigenvalue weighted by molar-refractivity contribution is -0.153. The van der Waals surface area contributed by atoms with Gasteiger partial charge in [-0.1, -0.05) is 6.07 Å². The first kappa shape index (κ1) is 21.8. The van der Waals surface area contributed by atoms with Crippen molar-refractivity contribution in [1.82, 2.24) is 0 Å². The number of hydrogen-bond acceptors (Lipinski definition) is 4. The molecule has 1 heterocycles. The second kappa shape index (κ2) is 7.87. The van der Waals surface area contributed by atoms with E-state index >= 15 is 0 Å². The largest absolute Gasteiger partial charge is 0.481 e. The normalized spacial score (nSPS) is 27.8. The van der Waals surface area contributed by atoms with E-state index in [0.29, 0.717) is 6.07 Å². The predicted octanol–water partition coefficient (Wildman–Crippen LogP) is 4.04. The smallest absolute Gasteiger partial charge is 0.416 e. The molecule has 152 valence electrons. The average molecular weight is 400 g/mol. The van der Waals surface area contributed by atoms with Crippen molar-refractivity contribution in [1.29, 1.82) is 5.26 Å². The fourth-order valence-electron chi connectivity index (χ4n) is 3.84. The maximum atomic E-state index is 13.6. The number of hydrogen-bond donors (Lipinski definition) is 1. The molecule has 1 aromatic rings. The Hall–Kier alpha value is -2.47. The first-order valence-corrected chi connectivity index (χ1v) is 8.51. The first-order valence-electron chi connectivity index (χ1n) is 8.51. The van der Waals surface area contributed by atoms with Gasteiger partial charge in [0.1, 0.15) is 5.82 Å². The van der Waals surface area contributed by atoms with E-state index in [1.54, 1.807) is 0 Å². The molecular formula is C19H20F4N2O3. The van der Waals surface area contributed by atoms with Crippen LogP contribution in [0.4, 0.5) is 17.6 Å². The van der Waals surface area contributed by atoms with Crippen LogP contribution in [0.1, 0.15) is 37.3 Å². The maximum Gasteiger partial charge on any atom is 0.416 e. The molecule has 0 aromatic heterocycles. The summed E-state index contributed by atoms with van der Waals surface area (Å²) in [5.74, 6) is -5.05. The SMILES string of the molecule is COCCC1N=C(C)C(C#N)C(c2ccc(F)cc2C(F)(F)F)C1(C)C(=O)O. The number of nitrogens with zero attached hydrogens (tertiary/aromatic N) is 2. The number of halogens is 4. The Labute approximate surface area is 159 Å². The van der Waals surface area contributed by atoms with E-state index in [0.717, 1.165) is 12.1 Å². The summed E-state index contributed by atoms with van der Waals surface area (Å²) in [5.41, 5.74) is -3.30. The van der Waals surface area contributed by atoms with Gasteiger partial charge in [0, 0.05) is 25.3 Å². The van der Waals surface area contributed by atoms with Gasteiger partial charge in [0.2, 0.25) is 0 Å². The van der Waals surface area contributed by atoms with E-state index in [1.165, 1.54) is 21.0 Å². The summed E-state index contributed by atoms with van der Waals surface area (Å²) in [6.07, 6.45) is -4.77. The Balaban J connectivity index is 2.80. The average Bonchev–Trinajstić information content (AvgIpc) is 2.61. The molecule has 4 atom stereocenters. The molecule has 1 aliphatic rings. The van der Waals surface area contributed by atoms with Gasteiger partial charge in [-0.15, -0.1) is 0 Å². The lowest BCUT2D eigenvalue weighted by atomic mass is 9.60. The van der Waals surface area contributed by atoms with Crippen molar-refractivity contribution in [3.63, 3.8) is 0 Å². The Kier molecular flexibility index (Phi) is 6.14. The molecule has 0 saturated carbocycles. The van der Waals surface area contributed by atoms with Crippen molar-refractivity contribution in [2.75, 3.05) is 13.7 Å². The molecule has 28 heavy (non-hydrogen) atoms. The third-order valence-corrected chi connectivity index (χ3v) is 5.33. The van der Waals surface area contributed by atoms with Crippen LogP contribution in [0.25, 0.3) is 0 Å². The van der Waals surface area contributed by atoms with Gasteiger partial charge < -0.3 is 9.84 Å². The summed E-state index contributed by atoms with van der Waals surface area (Å²) in [6.45, 7) is 2.91. The summed E-state index contributed by atoms with van der Waals surface area (Å²) < 4.78 is 59.4. The van der Waals surface area contributed by atoms with E-state index in [9.17, 15) is 32.7 Å². The summed E-state index contributed by atoms with van der Waals surface area (Å²) in [4.78, 5) is 16.6. The van der Waals surface area contributed by atoms with Crippen molar-refractivity contribution >= 4 is 11.7 Å². The quantitative estimate of drug-likeness (QED) is 0.757. The number of carbonyl (C=O) groups is 1. The second-order valence-corrected chi connectivity index (χ2v) is 6.97. The number of aliphatic carboxylic acids is 1. The number of methoxy groups -OCH3 is 1. The minimum absolute atomic E-state index is 0.143. The molecule has 9 heteroatoms. The van der Waals surface area contributed by atoms with Gasteiger partial charge in [-0.25, -0.2) is 4.39 Å². The van der Waals surface area contributed by atoms with Gasteiger partial charge in [-0.2, -0.15) is 18.4 Å². The van der Waals surface area contributed by atoms with Crippen LogP contribution in [-0.2, 0) is 15.7 Å². The molecule has 1 N–H and O–H groups in total. The minimum Gasteiger partial charge on any atom is -0.481 e. The van der Waals surface area contributed by atoms with Gasteiger partial charge in [0.15, 0.2) is 0 Å². The van der Waals surface area contributed by atoms with Crippen LogP contribution in [0, 0.1) is 28.5 Å². The highest BCUT2D eigenvalue weighted by molar-refractivity contribution is 5.92. The Morgan fingerprint density at radius 1 is 1.43 bits per heavy atom. The summed E-state index contributed by atoms with van der Waals surface area (Å²) in [5, 5.41) is 19.6. The number of carboxylic acid groups (broad SMARTS) is 1. The molecule has 0 bridgehead atoms. The van der Waals surface area contributed by atoms with Crippen molar-refractivity contribution in [2.24, 2.45) is 16.3 Å². The summed E-state index contributed by atoms with van der Waals surface area (Å²) >= 11 is 0. The molecule has 0 aliphatic carbocycles. The lowest BCUT2D eigenvalue weighted by Gasteiger charge is -2.45. The van der Waals surface area contributed by atoms with E-state index in [1.807, 2.05) is 6.07 Å². The highest BCUT2D eigenvalue weighted by Gasteiger charge is 2.56. The number of aliphatic imine (C=N–C) groups is 1. The Morgan fingerprint density at radius 3 is 2.57 bits per heavy atom. The molecule has 4 unspecified atom stereocenters. The van der Waals surface area contributed by atoms with E-state index in [-0.39, 0.29) is 18.7 Å². The van der Waals surface area contributed by atoms with E-state index < -0.39 is 52.4 Å². The number of benzene rings is 1. The van der Waals surface area contributed by atoms with Crippen LogP contribution in [0.15, 0.2) is 23.2 Å². The fraction of sp³-hybridized carbons (Fsp3) is 0.526. The Bertz CT molecular complexity index is 831. The standard InChI is InChI=1S/C19H20F4N2O3/c1-10-13(9-24)16(12-5-4-11(20)8-14(12)19(21,22)23)18(2,17(26)27)15(25-10)6-7-28-3/h4-5,8,13,15-16H,6-7H2,1-3H3,(H,26,27). The van der Waals surface area contributed by atoms with Gasteiger partial charge in [-0.3, -0.25) is 9.79 Å². The van der Waals surface area contributed by atoms with Gasteiger partial charge in [0.05, 0.1) is 29.0 Å². The molecule has 1 aromatic carbocycles. The van der Waals surface area contributed by atoms with Gasteiger partial charge in [-0.05, 0) is 38.0 Å². The highest BCUT2D eigenvalue weighted by Crippen LogP contribution is 2.52. The molecule has 0 saturated heterocycles. The second-order valence-electron chi connectivity index (χ2n) is 6.97. The summed E-state index contributed by atoms with van der Waals surface area (Å²) in [7, 11) is 1.41. The number of nitriles is 1. The molecule has 0 radical (unpaired) electrons.